The fourth-order valence-corrected chi connectivity index (χ4v) is 4.82. The summed E-state index contributed by atoms with van der Waals surface area (Å²) in [6.45, 7) is 0.720. The lowest BCUT2D eigenvalue weighted by molar-refractivity contribution is -0.130. The summed E-state index contributed by atoms with van der Waals surface area (Å²) in [5.74, 6) is 0.294. The molecule has 0 spiro atoms. The Bertz CT molecular complexity index is 1410. The first-order valence-electron chi connectivity index (χ1n) is 12.5. The van der Waals surface area contributed by atoms with Gasteiger partial charge in [-0.05, 0) is 55.7 Å². The molecular formula is C28H29F2N5O3. The van der Waals surface area contributed by atoms with Gasteiger partial charge in [0.15, 0.2) is 0 Å². The van der Waals surface area contributed by atoms with Crippen LogP contribution in [0.25, 0.3) is 22.0 Å². The van der Waals surface area contributed by atoms with Crippen molar-refractivity contribution in [3.63, 3.8) is 0 Å². The second-order valence-electron chi connectivity index (χ2n) is 9.56. The van der Waals surface area contributed by atoms with E-state index in [0.29, 0.717) is 12.1 Å². The Morgan fingerprint density at radius 2 is 1.95 bits per heavy atom. The molecule has 2 unspecified atom stereocenters. The summed E-state index contributed by atoms with van der Waals surface area (Å²) in [5, 5.41) is 5.30. The minimum absolute atomic E-state index is 0.0168. The van der Waals surface area contributed by atoms with Crippen molar-refractivity contribution in [1.29, 1.82) is 0 Å². The molecule has 4 aromatic rings. The van der Waals surface area contributed by atoms with E-state index in [1.807, 2.05) is 50.2 Å². The molecule has 10 heteroatoms. The normalized spacial score (nSPS) is 16.8. The number of ether oxygens (including phenoxy) is 2. The quantitative estimate of drug-likeness (QED) is 0.286. The van der Waals surface area contributed by atoms with Crippen LogP contribution in [0.4, 0.5) is 14.5 Å². The third-order valence-electron chi connectivity index (χ3n) is 6.62. The van der Waals surface area contributed by atoms with Gasteiger partial charge in [-0.15, -0.1) is 0 Å². The Morgan fingerprint density at radius 1 is 1.16 bits per heavy atom. The van der Waals surface area contributed by atoms with Crippen molar-refractivity contribution in [2.75, 3.05) is 18.1 Å². The molecule has 8 nitrogen and oxygen atoms in total. The number of hydrogen-bond donors (Lipinski definition) is 0. The van der Waals surface area contributed by atoms with Crippen LogP contribution in [0.15, 0.2) is 61.2 Å². The minimum Gasteiger partial charge on any atom is -0.491 e. The number of fused-ring (bicyclic) bond motifs is 1. The number of amides is 1. The number of rotatable bonds is 10. The highest BCUT2D eigenvalue weighted by Gasteiger charge is 2.47. The Balaban J connectivity index is 1.49. The molecule has 38 heavy (non-hydrogen) atoms. The zero-order valence-electron chi connectivity index (χ0n) is 21.4. The van der Waals surface area contributed by atoms with Gasteiger partial charge in [-0.25, -0.2) is 9.97 Å². The molecule has 2 aromatic carbocycles. The average Bonchev–Trinajstić information content (AvgIpc) is 3.62. The number of carbonyl (C=O) groups excluding carboxylic acids is 1. The van der Waals surface area contributed by atoms with E-state index in [2.05, 4.69) is 19.8 Å². The molecule has 5 rings (SSSR count). The minimum atomic E-state index is -2.91. The second kappa shape index (κ2) is 10.8. The summed E-state index contributed by atoms with van der Waals surface area (Å²) in [4.78, 5) is 23.5. The van der Waals surface area contributed by atoms with Crippen molar-refractivity contribution < 1.29 is 23.0 Å². The first kappa shape index (κ1) is 25.7. The number of benzene rings is 2. The summed E-state index contributed by atoms with van der Waals surface area (Å²) in [7, 11) is 1.80. The fraction of sp³-hybridized carbons (Fsp3) is 0.357. The van der Waals surface area contributed by atoms with Gasteiger partial charge in [-0.2, -0.15) is 13.9 Å². The molecule has 2 heterocycles. The summed E-state index contributed by atoms with van der Waals surface area (Å²) < 4.78 is 37.6. The molecule has 0 aliphatic heterocycles. The molecule has 1 saturated carbocycles. The number of aromatic nitrogens is 4. The second-order valence-corrected chi connectivity index (χ2v) is 9.56. The van der Waals surface area contributed by atoms with Gasteiger partial charge >= 0.3 is 6.61 Å². The maximum Gasteiger partial charge on any atom is 0.345 e. The van der Waals surface area contributed by atoms with Crippen molar-refractivity contribution in [3.05, 3.63) is 66.9 Å². The first-order chi connectivity index (χ1) is 18.3. The van der Waals surface area contributed by atoms with Gasteiger partial charge in [-0.1, -0.05) is 18.2 Å². The van der Waals surface area contributed by atoms with Gasteiger partial charge in [0.2, 0.25) is 5.91 Å². The Hall–Kier alpha value is -3.92. The van der Waals surface area contributed by atoms with Crippen LogP contribution >= 0.6 is 0 Å². The standard InChI is InChI=1S/C28H29F2N5O3/c1-17(2)38-19-6-4-18(5-7-19)20-8-9-25(26-23(20)15-33-34(26)3)35(12-13-37-28(29)30)27(36)22-14-21(22)24-10-11-31-16-32-24/h4-11,15-17,21-22,28H,12-14H2,1-3H3. The van der Waals surface area contributed by atoms with E-state index in [1.165, 1.54) is 6.33 Å². The van der Waals surface area contributed by atoms with E-state index in [1.54, 1.807) is 35.1 Å². The van der Waals surface area contributed by atoms with Gasteiger partial charge < -0.3 is 14.4 Å². The predicted octanol–water partition coefficient (Wildman–Crippen LogP) is 5.19. The molecule has 0 saturated heterocycles. The third-order valence-corrected chi connectivity index (χ3v) is 6.62. The van der Waals surface area contributed by atoms with E-state index in [-0.39, 0.29) is 37.0 Å². The van der Waals surface area contributed by atoms with Crippen LogP contribution in [0.5, 0.6) is 5.75 Å². The van der Waals surface area contributed by atoms with Crippen LogP contribution in [0.1, 0.15) is 31.9 Å². The molecule has 198 valence electrons. The summed E-state index contributed by atoms with van der Waals surface area (Å²) >= 11 is 0. The summed E-state index contributed by atoms with van der Waals surface area (Å²) in [5.41, 5.74) is 4.03. The lowest BCUT2D eigenvalue weighted by Gasteiger charge is -2.25. The summed E-state index contributed by atoms with van der Waals surface area (Å²) in [6.07, 6.45) is 5.58. The summed E-state index contributed by atoms with van der Waals surface area (Å²) in [6, 6.07) is 13.4. The Kier molecular flexibility index (Phi) is 7.33. The molecule has 0 bridgehead atoms. The lowest BCUT2D eigenvalue weighted by Crippen LogP contribution is -2.36. The number of anilines is 1. The van der Waals surface area contributed by atoms with Gasteiger partial charge in [-0.3, -0.25) is 9.48 Å². The molecule has 1 amide bonds. The molecule has 1 aliphatic rings. The number of halogens is 2. The largest absolute Gasteiger partial charge is 0.491 e. The molecule has 2 atom stereocenters. The molecule has 2 aromatic heterocycles. The topological polar surface area (TPSA) is 82.4 Å². The smallest absolute Gasteiger partial charge is 0.345 e. The predicted molar refractivity (Wildman–Crippen MR) is 139 cm³/mol. The molecule has 0 N–H and O–H groups in total. The Labute approximate surface area is 219 Å². The maximum absolute atomic E-state index is 13.7. The molecular weight excluding hydrogens is 492 g/mol. The van der Waals surface area contributed by atoms with Crippen molar-refractivity contribution in [1.82, 2.24) is 19.7 Å². The maximum atomic E-state index is 13.7. The van der Waals surface area contributed by atoms with Gasteiger partial charge in [0.05, 0.1) is 30.1 Å². The van der Waals surface area contributed by atoms with Crippen LogP contribution < -0.4 is 9.64 Å². The van der Waals surface area contributed by atoms with Crippen molar-refractivity contribution in [2.45, 2.75) is 38.9 Å². The van der Waals surface area contributed by atoms with E-state index < -0.39 is 6.61 Å². The molecule has 0 radical (unpaired) electrons. The number of carbonyl (C=O) groups is 1. The number of hydrogen-bond acceptors (Lipinski definition) is 6. The zero-order valence-corrected chi connectivity index (χ0v) is 21.4. The Morgan fingerprint density at radius 3 is 2.63 bits per heavy atom. The number of aryl methyl sites for hydroxylation is 1. The van der Waals surface area contributed by atoms with Gasteiger partial charge in [0.25, 0.3) is 0 Å². The first-order valence-corrected chi connectivity index (χ1v) is 12.5. The number of alkyl halides is 2. The number of nitrogens with zero attached hydrogens (tertiary/aromatic N) is 5. The van der Waals surface area contributed by atoms with Crippen LogP contribution in [-0.2, 0) is 16.6 Å². The van der Waals surface area contributed by atoms with E-state index in [0.717, 1.165) is 33.5 Å². The fourth-order valence-electron chi connectivity index (χ4n) is 4.82. The zero-order chi connectivity index (χ0) is 26.8. The monoisotopic (exact) mass is 521 g/mol. The van der Waals surface area contributed by atoms with Crippen molar-refractivity contribution >= 4 is 22.5 Å². The van der Waals surface area contributed by atoms with E-state index in [4.69, 9.17) is 4.74 Å². The van der Waals surface area contributed by atoms with Crippen molar-refractivity contribution in [3.8, 4) is 16.9 Å². The molecule has 1 fully saturated rings. The van der Waals surface area contributed by atoms with Crippen LogP contribution in [0.3, 0.4) is 0 Å². The third kappa shape index (κ3) is 5.35. The highest BCUT2D eigenvalue weighted by Crippen LogP contribution is 2.48. The average molecular weight is 522 g/mol. The van der Waals surface area contributed by atoms with E-state index >= 15 is 0 Å². The highest BCUT2D eigenvalue weighted by molar-refractivity contribution is 6.08. The van der Waals surface area contributed by atoms with E-state index in [9.17, 15) is 13.6 Å². The lowest BCUT2D eigenvalue weighted by atomic mass is 10.0. The van der Waals surface area contributed by atoms with Gasteiger partial charge in [0.1, 0.15) is 12.1 Å². The van der Waals surface area contributed by atoms with Crippen LogP contribution in [0.2, 0.25) is 0 Å². The molecule has 1 aliphatic carbocycles. The van der Waals surface area contributed by atoms with Crippen molar-refractivity contribution in [2.24, 2.45) is 13.0 Å². The van der Waals surface area contributed by atoms with Crippen LogP contribution in [0, 0.1) is 5.92 Å². The highest BCUT2D eigenvalue weighted by atomic mass is 19.3. The van der Waals surface area contributed by atoms with Gasteiger partial charge in [0, 0.05) is 42.7 Å². The SMILES string of the molecule is CC(C)Oc1ccc(-c2ccc(N(CCOC(F)F)C(=O)C3CC3c3ccncn3)c3c2cnn3C)cc1. The van der Waals surface area contributed by atoms with Crippen LogP contribution in [-0.4, -0.2) is 51.5 Å².